The van der Waals surface area contributed by atoms with Crippen molar-refractivity contribution in [2.45, 2.75) is 77.2 Å². The molecule has 2 saturated carbocycles. The lowest BCUT2D eigenvalue weighted by Crippen LogP contribution is -2.28. The summed E-state index contributed by atoms with van der Waals surface area (Å²) in [7, 11) is 3.22. The first-order valence-corrected chi connectivity index (χ1v) is 12.2. The highest BCUT2D eigenvalue weighted by atomic mass is 19.4. The molecule has 1 amide bonds. The summed E-state index contributed by atoms with van der Waals surface area (Å²) in [6, 6.07) is 2.76. The molecule has 4 rings (SSSR count). The quantitative estimate of drug-likeness (QED) is 0.490. The SMILES string of the molecule is CCCCN(C)C(=O)OCc1c(-c2ccc(OC3CC34CCCCC4)c(C(F)(F)F)n2)nnn1C. The monoisotopic (exact) mass is 495 g/mol. The number of hydrogen-bond donors (Lipinski definition) is 0. The predicted molar refractivity (Wildman–Crippen MR) is 122 cm³/mol. The first-order valence-electron chi connectivity index (χ1n) is 12.2. The van der Waals surface area contributed by atoms with Gasteiger partial charge in [0.2, 0.25) is 0 Å². The fourth-order valence-electron chi connectivity index (χ4n) is 4.75. The molecule has 0 N–H and O–H groups in total. The fourth-order valence-corrected chi connectivity index (χ4v) is 4.75. The molecule has 2 aliphatic carbocycles. The Labute approximate surface area is 202 Å². The zero-order valence-electron chi connectivity index (χ0n) is 20.4. The number of hydrogen-bond acceptors (Lipinski definition) is 6. The lowest BCUT2D eigenvalue weighted by Gasteiger charge is -2.23. The Balaban J connectivity index is 1.53. The van der Waals surface area contributed by atoms with Crippen LogP contribution in [-0.2, 0) is 24.6 Å². The van der Waals surface area contributed by atoms with Gasteiger partial charge in [0.05, 0.1) is 5.69 Å². The van der Waals surface area contributed by atoms with Crippen molar-refractivity contribution in [1.29, 1.82) is 0 Å². The van der Waals surface area contributed by atoms with Gasteiger partial charge in [0.15, 0.2) is 11.4 Å². The van der Waals surface area contributed by atoms with E-state index in [1.807, 2.05) is 6.92 Å². The Morgan fingerprint density at radius 3 is 2.69 bits per heavy atom. The summed E-state index contributed by atoms with van der Waals surface area (Å²) in [6.45, 7) is 2.37. The molecule has 0 radical (unpaired) electrons. The van der Waals surface area contributed by atoms with Gasteiger partial charge in [0, 0.05) is 26.1 Å². The van der Waals surface area contributed by atoms with Crippen molar-refractivity contribution in [3.05, 3.63) is 23.5 Å². The van der Waals surface area contributed by atoms with E-state index in [1.165, 1.54) is 28.1 Å². The van der Waals surface area contributed by atoms with E-state index in [0.29, 0.717) is 12.2 Å². The number of halogens is 3. The summed E-state index contributed by atoms with van der Waals surface area (Å²) in [5.74, 6) is -0.261. The van der Waals surface area contributed by atoms with Gasteiger partial charge in [0.25, 0.3) is 0 Å². The smallest absolute Gasteiger partial charge is 0.437 e. The molecule has 0 aliphatic heterocycles. The number of alkyl halides is 3. The number of aryl methyl sites for hydroxylation is 1. The van der Waals surface area contributed by atoms with E-state index < -0.39 is 18.0 Å². The minimum Gasteiger partial charge on any atom is -0.488 e. The van der Waals surface area contributed by atoms with Crippen molar-refractivity contribution in [3.8, 4) is 17.1 Å². The summed E-state index contributed by atoms with van der Waals surface area (Å²) >= 11 is 0. The zero-order valence-corrected chi connectivity index (χ0v) is 20.4. The Morgan fingerprint density at radius 1 is 1.26 bits per heavy atom. The summed E-state index contributed by atoms with van der Waals surface area (Å²) in [6.07, 6.45) is 2.49. The van der Waals surface area contributed by atoms with Crippen LogP contribution in [-0.4, -0.2) is 50.7 Å². The second-order valence-corrected chi connectivity index (χ2v) is 9.61. The Kier molecular flexibility index (Phi) is 7.23. The summed E-state index contributed by atoms with van der Waals surface area (Å²) in [5.41, 5.74) is -0.595. The molecule has 1 atom stereocenters. The maximum Gasteiger partial charge on any atom is 0.437 e. The van der Waals surface area contributed by atoms with Gasteiger partial charge in [-0.05, 0) is 37.8 Å². The van der Waals surface area contributed by atoms with E-state index in [1.54, 1.807) is 14.1 Å². The van der Waals surface area contributed by atoms with Crippen LogP contribution >= 0.6 is 0 Å². The van der Waals surface area contributed by atoms with Gasteiger partial charge in [-0.25, -0.2) is 14.5 Å². The van der Waals surface area contributed by atoms with Gasteiger partial charge in [-0.3, -0.25) is 0 Å². The minimum absolute atomic E-state index is 0.00802. The van der Waals surface area contributed by atoms with Crippen molar-refractivity contribution in [2.24, 2.45) is 12.5 Å². The Bertz CT molecular complexity index is 1050. The van der Waals surface area contributed by atoms with Crippen LogP contribution in [0.25, 0.3) is 11.4 Å². The fraction of sp³-hybridized carbons (Fsp3) is 0.667. The van der Waals surface area contributed by atoms with Crippen LogP contribution in [0.5, 0.6) is 5.75 Å². The van der Waals surface area contributed by atoms with Gasteiger partial charge >= 0.3 is 12.3 Å². The molecule has 192 valence electrons. The number of nitrogens with zero attached hydrogens (tertiary/aromatic N) is 5. The maximum absolute atomic E-state index is 13.9. The number of amides is 1. The third kappa shape index (κ3) is 5.54. The first-order chi connectivity index (χ1) is 16.6. The molecule has 1 spiro atoms. The number of rotatable bonds is 8. The number of carbonyl (C=O) groups is 1. The maximum atomic E-state index is 13.9. The van der Waals surface area contributed by atoms with Crippen molar-refractivity contribution in [3.63, 3.8) is 0 Å². The number of unbranched alkanes of at least 4 members (excludes halogenated alkanes) is 1. The highest BCUT2D eigenvalue weighted by Crippen LogP contribution is 2.58. The van der Waals surface area contributed by atoms with Gasteiger partial charge in [0.1, 0.15) is 24.1 Å². The Hall–Kier alpha value is -2.85. The molecular weight excluding hydrogens is 463 g/mol. The topological polar surface area (TPSA) is 82.4 Å². The average molecular weight is 496 g/mol. The lowest BCUT2D eigenvalue weighted by atomic mass is 9.86. The van der Waals surface area contributed by atoms with E-state index >= 15 is 0 Å². The third-order valence-electron chi connectivity index (χ3n) is 7.04. The van der Waals surface area contributed by atoms with Crippen LogP contribution in [0.2, 0.25) is 0 Å². The van der Waals surface area contributed by atoms with E-state index in [4.69, 9.17) is 9.47 Å². The van der Waals surface area contributed by atoms with Gasteiger partial charge in [-0.1, -0.05) is 37.8 Å². The van der Waals surface area contributed by atoms with Crippen molar-refractivity contribution in [2.75, 3.05) is 13.6 Å². The van der Waals surface area contributed by atoms with Crippen molar-refractivity contribution >= 4 is 6.09 Å². The van der Waals surface area contributed by atoms with E-state index in [9.17, 15) is 18.0 Å². The molecule has 2 fully saturated rings. The molecule has 2 aromatic rings. The van der Waals surface area contributed by atoms with Crippen LogP contribution in [0, 0.1) is 5.41 Å². The molecule has 0 bridgehead atoms. The second-order valence-electron chi connectivity index (χ2n) is 9.61. The van der Waals surface area contributed by atoms with Crippen LogP contribution < -0.4 is 4.74 Å². The Morgan fingerprint density at radius 2 is 2.00 bits per heavy atom. The van der Waals surface area contributed by atoms with Crippen molar-refractivity contribution in [1.82, 2.24) is 24.9 Å². The second kappa shape index (κ2) is 10.0. The molecule has 2 aromatic heterocycles. The predicted octanol–water partition coefficient (Wildman–Crippen LogP) is 5.37. The molecule has 2 heterocycles. The highest BCUT2D eigenvalue weighted by Gasteiger charge is 2.56. The molecule has 2 aliphatic rings. The molecule has 0 saturated heterocycles. The average Bonchev–Trinajstić information content (AvgIpc) is 3.32. The van der Waals surface area contributed by atoms with E-state index in [2.05, 4.69) is 15.3 Å². The number of pyridine rings is 1. The van der Waals surface area contributed by atoms with Gasteiger partial charge in [-0.15, -0.1) is 5.10 Å². The molecule has 8 nitrogen and oxygen atoms in total. The number of aromatic nitrogens is 4. The van der Waals surface area contributed by atoms with Crippen LogP contribution in [0.3, 0.4) is 0 Å². The lowest BCUT2D eigenvalue weighted by molar-refractivity contribution is -0.142. The molecule has 1 unspecified atom stereocenters. The zero-order chi connectivity index (χ0) is 25.2. The standard InChI is InChI=1S/C24H32F3N5O3/c1-4-5-13-31(2)22(33)34-15-17-20(29-30-32(17)3)16-9-10-18(21(28-16)24(25,26)27)35-19-14-23(19)11-7-6-8-12-23/h9-10,19H,4-8,11-15H2,1-3H3. The largest absolute Gasteiger partial charge is 0.488 e. The van der Waals surface area contributed by atoms with Crippen molar-refractivity contribution < 1.29 is 27.4 Å². The van der Waals surface area contributed by atoms with E-state index in [0.717, 1.165) is 44.9 Å². The molecular formula is C24H32F3N5O3. The number of carbonyl (C=O) groups excluding carboxylic acids is 1. The number of ether oxygens (including phenoxy) is 2. The third-order valence-corrected chi connectivity index (χ3v) is 7.04. The highest BCUT2D eigenvalue weighted by molar-refractivity contribution is 5.67. The summed E-state index contributed by atoms with van der Waals surface area (Å²) in [4.78, 5) is 17.6. The van der Waals surface area contributed by atoms with Gasteiger partial charge in [-0.2, -0.15) is 13.2 Å². The summed E-state index contributed by atoms with van der Waals surface area (Å²) < 4.78 is 54.4. The minimum atomic E-state index is -4.70. The normalized spacial score (nSPS) is 19.0. The summed E-state index contributed by atoms with van der Waals surface area (Å²) in [5, 5.41) is 7.89. The molecule has 11 heteroatoms. The van der Waals surface area contributed by atoms with Crippen LogP contribution in [0.4, 0.5) is 18.0 Å². The molecule has 35 heavy (non-hydrogen) atoms. The van der Waals surface area contributed by atoms with E-state index in [-0.39, 0.29) is 35.3 Å². The van der Waals surface area contributed by atoms with Crippen LogP contribution in [0.1, 0.15) is 69.7 Å². The first kappa shape index (κ1) is 25.2. The van der Waals surface area contributed by atoms with Crippen LogP contribution in [0.15, 0.2) is 12.1 Å². The molecule has 0 aromatic carbocycles. The van der Waals surface area contributed by atoms with Gasteiger partial charge < -0.3 is 14.4 Å².